The van der Waals surface area contributed by atoms with E-state index in [0.29, 0.717) is 5.06 Å². The molecule has 1 unspecified atom stereocenters. The smallest absolute Gasteiger partial charge is 0.322 e. The maximum absolute atomic E-state index is 12.6. The van der Waals surface area contributed by atoms with Crippen LogP contribution in [-0.4, -0.2) is 60.1 Å². The van der Waals surface area contributed by atoms with Crippen LogP contribution in [0.15, 0.2) is 30.3 Å². The van der Waals surface area contributed by atoms with E-state index in [-0.39, 0.29) is 19.6 Å². The van der Waals surface area contributed by atoms with Gasteiger partial charge < -0.3 is 10.6 Å². The van der Waals surface area contributed by atoms with Gasteiger partial charge in [0.05, 0.1) is 18.7 Å². The number of rotatable bonds is 7. The van der Waals surface area contributed by atoms with Crippen LogP contribution in [0.1, 0.15) is 31.9 Å². The van der Waals surface area contributed by atoms with Gasteiger partial charge in [0.1, 0.15) is 6.04 Å². The van der Waals surface area contributed by atoms with Crippen LogP contribution < -0.4 is 11.2 Å². The SMILES string of the molecule is CC1(C)C[C@@H](C(=O)NOCC(N)c2ccccc2)N2C[C@@H]1N(OS(=O)(=O)O)C2=O. The van der Waals surface area contributed by atoms with Crippen LogP contribution in [0.4, 0.5) is 4.79 Å². The molecule has 2 aliphatic rings. The van der Waals surface area contributed by atoms with Crippen LogP contribution in [0.2, 0.25) is 0 Å². The average Bonchev–Trinajstić information content (AvgIpc) is 2.92. The van der Waals surface area contributed by atoms with Gasteiger partial charge in [0.25, 0.3) is 5.91 Å². The lowest BCUT2D eigenvalue weighted by molar-refractivity contribution is -0.141. The summed E-state index contributed by atoms with van der Waals surface area (Å²) in [5.41, 5.74) is 8.52. The van der Waals surface area contributed by atoms with Crippen LogP contribution >= 0.6 is 0 Å². The van der Waals surface area contributed by atoms with Crippen molar-refractivity contribution in [1.29, 1.82) is 0 Å². The van der Waals surface area contributed by atoms with E-state index in [1.165, 1.54) is 4.90 Å². The fraction of sp³-hybridized carbons (Fsp3) is 0.529. The van der Waals surface area contributed by atoms with Crippen molar-refractivity contribution in [3.05, 3.63) is 35.9 Å². The highest BCUT2D eigenvalue weighted by molar-refractivity contribution is 7.80. The van der Waals surface area contributed by atoms with Crippen molar-refractivity contribution >= 4 is 22.3 Å². The monoisotopic (exact) mass is 428 g/mol. The minimum absolute atomic E-state index is 0.0282. The van der Waals surface area contributed by atoms with E-state index < -0.39 is 45.9 Å². The van der Waals surface area contributed by atoms with Crippen molar-refractivity contribution in [3.8, 4) is 0 Å². The highest BCUT2D eigenvalue weighted by atomic mass is 32.3. The Bertz CT molecular complexity index is 877. The number of nitrogens with zero attached hydrogens (tertiary/aromatic N) is 2. The molecular weight excluding hydrogens is 404 g/mol. The predicted octanol–water partition coefficient (Wildman–Crippen LogP) is 0.373. The number of carbonyl (C=O) groups excluding carboxylic acids is 2. The summed E-state index contributed by atoms with van der Waals surface area (Å²) in [5, 5.41) is 0.606. The molecule has 4 N–H and O–H groups in total. The fourth-order valence-corrected chi connectivity index (χ4v) is 4.03. The average molecular weight is 428 g/mol. The quantitative estimate of drug-likeness (QED) is 0.416. The summed E-state index contributed by atoms with van der Waals surface area (Å²) >= 11 is 0. The van der Waals surface area contributed by atoms with Crippen LogP contribution in [0.5, 0.6) is 0 Å². The van der Waals surface area contributed by atoms with Gasteiger partial charge in [-0.25, -0.2) is 10.3 Å². The molecule has 0 spiro atoms. The maximum atomic E-state index is 12.6. The molecule has 12 heteroatoms. The molecule has 0 saturated carbocycles. The molecule has 2 heterocycles. The van der Waals surface area contributed by atoms with Gasteiger partial charge in [-0.1, -0.05) is 44.2 Å². The molecule has 3 rings (SSSR count). The summed E-state index contributed by atoms with van der Waals surface area (Å²) in [4.78, 5) is 31.6. The van der Waals surface area contributed by atoms with E-state index in [1.54, 1.807) is 13.8 Å². The zero-order valence-electron chi connectivity index (χ0n) is 16.0. The second-order valence-electron chi connectivity index (χ2n) is 7.78. The topological polar surface area (TPSA) is 151 Å². The second kappa shape index (κ2) is 7.88. The molecule has 2 bridgehead atoms. The summed E-state index contributed by atoms with van der Waals surface area (Å²) in [5.74, 6) is -0.557. The number of hydroxylamine groups is 3. The van der Waals surface area contributed by atoms with Gasteiger partial charge in [0.2, 0.25) is 0 Å². The molecule has 160 valence electrons. The van der Waals surface area contributed by atoms with E-state index in [9.17, 15) is 18.0 Å². The summed E-state index contributed by atoms with van der Waals surface area (Å²) in [6.45, 7) is 3.66. The van der Waals surface area contributed by atoms with Gasteiger partial charge in [-0.2, -0.15) is 13.5 Å². The zero-order chi connectivity index (χ0) is 21.4. The molecule has 29 heavy (non-hydrogen) atoms. The standard InChI is InChI=1S/C17H24N4O7S/c1-17(2)8-13(20-9-14(17)21(16(20)23)28-29(24,25)26)15(22)19-27-10-12(18)11-6-4-3-5-7-11/h3-7,12-14H,8-10,18H2,1-2H3,(H,19,22)(H,24,25,26)/t12?,13-,14-/m0/s1. The molecule has 2 fully saturated rings. The second-order valence-corrected chi connectivity index (χ2v) is 8.79. The summed E-state index contributed by atoms with van der Waals surface area (Å²) in [6.07, 6.45) is 0.245. The van der Waals surface area contributed by atoms with Gasteiger partial charge in [-0.05, 0) is 17.4 Å². The van der Waals surface area contributed by atoms with Gasteiger partial charge >= 0.3 is 16.4 Å². The number of carbonyl (C=O) groups is 2. The number of hydrogen-bond acceptors (Lipinski definition) is 7. The third-order valence-electron chi connectivity index (χ3n) is 5.23. The number of benzene rings is 1. The molecule has 0 aromatic heterocycles. The lowest BCUT2D eigenvalue weighted by Crippen LogP contribution is -2.54. The summed E-state index contributed by atoms with van der Waals surface area (Å²) in [6, 6.07) is 6.42. The third kappa shape index (κ3) is 4.67. The first-order valence-electron chi connectivity index (χ1n) is 8.98. The zero-order valence-corrected chi connectivity index (χ0v) is 16.8. The third-order valence-corrected chi connectivity index (χ3v) is 5.57. The Morgan fingerprint density at radius 3 is 2.66 bits per heavy atom. The molecule has 3 amide bonds. The number of nitrogens with two attached hydrogens (primary N) is 1. The fourth-order valence-electron chi connectivity index (χ4n) is 3.65. The first-order chi connectivity index (χ1) is 13.5. The lowest BCUT2D eigenvalue weighted by Gasteiger charge is -2.40. The highest BCUT2D eigenvalue weighted by Crippen LogP contribution is 2.42. The summed E-state index contributed by atoms with van der Waals surface area (Å²) < 4.78 is 35.5. The van der Waals surface area contributed by atoms with Crippen molar-refractivity contribution in [2.45, 2.75) is 38.4 Å². The molecule has 2 saturated heterocycles. The van der Waals surface area contributed by atoms with E-state index in [1.807, 2.05) is 30.3 Å². The molecule has 3 atom stereocenters. The Kier molecular flexibility index (Phi) is 5.83. The number of amides is 3. The normalized spacial score (nSPS) is 24.5. The predicted molar refractivity (Wildman–Crippen MR) is 100 cm³/mol. The van der Waals surface area contributed by atoms with Crippen molar-refractivity contribution in [2.24, 2.45) is 11.1 Å². The van der Waals surface area contributed by atoms with Gasteiger partial charge in [-0.15, -0.1) is 4.28 Å². The molecule has 0 radical (unpaired) electrons. The van der Waals surface area contributed by atoms with E-state index >= 15 is 0 Å². The molecule has 1 aromatic rings. The van der Waals surface area contributed by atoms with Crippen molar-refractivity contribution in [3.63, 3.8) is 0 Å². The van der Waals surface area contributed by atoms with Crippen molar-refractivity contribution < 1.29 is 31.7 Å². The molecule has 1 aromatic carbocycles. The van der Waals surface area contributed by atoms with E-state index in [0.717, 1.165) is 5.56 Å². The van der Waals surface area contributed by atoms with Crippen molar-refractivity contribution in [1.82, 2.24) is 15.4 Å². The number of hydrogen-bond donors (Lipinski definition) is 3. The number of piperidine rings is 1. The van der Waals surface area contributed by atoms with Crippen molar-refractivity contribution in [2.75, 3.05) is 13.2 Å². The Labute approximate surface area is 168 Å². The molecule has 11 nitrogen and oxygen atoms in total. The molecule has 2 aliphatic heterocycles. The Morgan fingerprint density at radius 1 is 1.38 bits per heavy atom. The minimum atomic E-state index is -4.88. The Balaban J connectivity index is 1.63. The van der Waals surface area contributed by atoms with Crippen LogP contribution in [0, 0.1) is 5.41 Å². The minimum Gasteiger partial charge on any atom is -0.322 e. The van der Waals surface area contributed by atoms with Gasteiger partial charge in [0.15, 0.2) is 0 Å². The van der Waals surface area contributed by atoms with Crippen LogP contribution in [0.3, 0.4) is 0 Å². The Hall–Kier alpha value is -2.25. The first kappa shape index (κ1) is 21.5. The van der Waals surface area contributed by atoms with Crippen LogP contribution in [0.25, 0.3) is 0 Å². The number of nitrogens with one attached hydrogen (secondary N) is 1. The lowest BCUT2D eigenvalue weighted by atomic mass is 9.76. The highest BCUT2D eigenvalue weighted by Gasteiger charge is 2.56. The van der Waals surface area contributed by atoms with E-state index in [2.05, 4.69) is 9.76 Å². The Morgan fingerprint density at radius 2 is 2.03 bits per heavy atom. The number of urea groups is 1. The van der Waals surface area contributed by atoms with Gasteiger partial charge in [0, 0.05) is 6.54 Å². The molecular formula is C17H24N4O7S. The van der Waals surface area contributed by atoms with Gasteiger partial charge in [-0.3, -0.25) is 14.2 Å². The largest absolute Gasteiger partial charge is 0.418 e. The maximum Gasteiger partial charge on any atom is 0.418 e. The van der Waals surface area contributed by atoms with Crippen LogP contribution in [-0.2, 0) is 24.3 Å². The molecule has 0 aliphatic carbocycles. The summed E-state index contributed by atoms with van der Waals surface area (Å²) in [7, 11) is -4.88. The number of fused-ring (bicyclic) bond motifs is 2. The van der Waals surface area contributed by atoms with E-state index in [4.69, 9.17) is 15.1 Å². The first-order valence-corrected chi connectivity index (χ1v) is 10.3.